The quantitative estimate of drug-likeness (QED) is 0.672. The Morgan fingerprint density at radius 2 is 1.89 bits per heavy atom. The van der Waals surface area contributed by atoms with Crippen LogP contribution >= 0.6 is 0 Å². The highest BCUT2D eigenvalue weighted by atomic mass is 16.5. The van der Waals surface area contributed by atoms with Crippen molar-refractivity contribution in [1.29, 1.82) is 0 Å². The number of carbonyl (C=O) groups excluding carboxylic acids is 1. The van der Waals surface area contributed by atoms with Crippen molar-refractivity contribution in [3.8, 4) is 0 Å². The fraction of sp³-hybridized carbons (Fsp3) is 0.588. The molecule has 0 spiro atoms. The molecule has 0 fully saturated rings. The first-order valence-electron chi connectivity index (χ1n) is 7.25. The molecular weight excluding hydrogens is 236 g/mol. The second-order valence-corrected chi connectivity index (χ2v) is 5.54. The van der Waals surface area contributed by atoms with Crippen molar-refractivity contribution >= 4 is 5.97 Å². The van der Waals surface area contributed by atoms with Crippen LogP contribution in [0.2, 0.25) is 0 Å². The summed E-state index contributed by atoms with van der Waals surface area (Å²) in [4.78, 5) is 12.4. The predicted octanol–water partition coefficient (Wildman–Crippen LogP) is 4.58. The molecular formula is C17H26O2. The van der Waals surface area contributed by atoms with E-state index in [1.54, 1.807) is 0 Å². The Hall–Kier alpha value is -1.31. The molecule has 0 aliphatic rings. The number of hydrogen-bond donors (Lipinski definition) is 0. The zero-order valence-electron chi connectivity index (χ0n) is 12.6. The summed E-state index contributed by atoms with van der Waals surface area (Å²) in [5, 5.41) is 0. The first kappa shape index (κ1) is 15.7. The molecule has 0 heterocycles. The zero-order valence-corrected chi connectivity index (χ0v) is 12.6. The van der Waals surface area contributed by atoms with Gasteiger partial charge < -0.3 is 4.74 Å². The van der Waals surface area contributed by atoms with Crippen LogP contribution in [-0.4, -0.2) is 5.97 Å². The molecule has 2 unspecified atom stereocenters. The number of ether oxygens (including phenoxy) is 1. The summed E-state index contributed by atoms with van der Waals surface area (Å²) in [5.74, 6) is 0.281. The van der Waals surface area contributed by atoms with Crippen LogP contribution in [0.4, 0.5) is 0 Å². The van der Waals surface area contributed by atoms with E-state index in [-0.39, 0.29) is 11.4 Å². The summed E-state index contributed by atoms with van der Waals surface area (Å²) in [5.41, 5.74) is 0.678. The van der Waals surface area contributed by atoms with Crippen LogP contribution in [0.25, 0.3) is 0 Å². The van der Waals surface area contributed by atoms with E-state index in [1.807, 2.05) is 37.3 Å². The molecule has 2 atom stereocenters. The second-order valence-electron chi connectivity index (χ2n) is 5.54. The highest BCUT2D eigenvalue weighted by molar-refractivity contribution is 5.76. The summed E-state index contributed by atoms with van der Waals surface area (Å²) < 4.78 is 5.53. The van der Waals surface area contributed by atoms with Crippen molar-refractivity contribution in [2.24, 2.45) is 11.3 Å². The number of hydrogen-bond acceptors (Lipinski definition) is 2. The zero-order chi connectivity index (χ0) is 14.3. The first-order valence-corrected chi connectivity index (χ1v) is 7.25. The van der Waals surface area contributed by atoms with Crippen molar-refractivity contribution in [2.75, 3.05) is 0 Å². The van der Waals surface area contributed by atoms with Gasteiger partial charge in [0.25, 0.3) is 0 Å². The van der Waals surface area contributed by atoms with Gasteiger partial charge in [-0.1, -0.05) is 63.9 Å². The summed E-state index contributed by atoms with van der Waals surface area (Å²) in [6.07, 6.45) is 2.88. The molecule has 0 amide bonds. The van der Waals surface area contributed by atoms with Gasteiger partial charge in [-0.05, 0) is 24.8 Å². The molecule has 19 heavy (non-hydrogen) atoms. The van der Waals surface area contributed by atoms with E-state index in [2.05, 4.69) is 20.8 Å². The molecule has 0 N–H and O–H groups in total. The number of rotatable bonds is 7. The Morgan fingerprint density at radius 1 is 1.26 bits per heavy atom. The van der Waals surface area contributed by atoms with E-state index in [1.165, 1.54) is 0 Å². The normalized spacial score (nSPS) is 15.6. The van der Waals surface area contributed by atoms with Gasteiger partial charge in [0, 0.05) is 0 Å². The molecule has 0 radical (unpaired) electrons. The first-order chi connectivity index (χ1) is 9.04. The van der Waals surface area contributed by atoms with Crippen LogP contribution in [0.15, 0.2) is 30.3 Å². The number of esters is 1. The maximum atomic E-state index is 12.4. The third-order valence-electron chi connectivity index (χ3n) is 4.15. The molecule has 2 nitrogen and oxygen atoms in total. The molecule has 0 aromatic heterocycles. The van der Waals surface area contributed by atoms with Gasteiger partial charge in [0.05, 0.1) is 5.41 Å². The Morgan fingerprint density at radius 3 is 2.42 bits per heavy atom. The number of carbonyl (C=O) groups is 1. The van der Waals surface area contributed by atoms with Crippen molar-refractivity contribution < 1.29 is 9.53 Å². The topological polar surface area (TPSA) is 26.3 Å². The lowest BCUT2D eigenvalue weighted by Gasteiger charge is -2.32. The summed E-state index contributed by atoms with van der Waals surface area (Å²) in [6.45, 7) is 8.79. The number of benzene rings is 1. The summed E-state index contributed by atoms with van der Waals surface area (Å²) in [6, 6.07) is 9.85. The van der Waals surface area contributed by atoms with E-state index in [4.69, 9.17) is 4.74 Å². The summed E-state index contributed by atoms with van der Waals surface area (Å²) in [7, 11) is 0. The van der Waals surface area contributed by atoms with Crippen molar-refractivity contribution in [3.63, 3.8) is 0 Å². The molecule has 2 heteroatoms. The smallest absolute Gasteiger partial charge is 0.312 e. The van der Waals surface area contributed by atoms with Gasteiger partial charge in [-0.2, -0.15) is 0 Å². The molecule has 0 saturated carbocycles. The maximum Gasteiger partial charge on any atom is 0.312 e. The van der Waals surface area contributed by atoms with E-state index in [0.29, 0.717) is 12.5 Å². The molecule has 1 rings (SSSR count). The van der Waals surface area contributed by atoms with Crippen LogP contribution in [0.5, 0.6) is 0 Å². The lowest BCUT2D eigenvalue weighted by Crippen LogP contribution is -2.35. The average molecular weight is 262 g/mol. The lowest BCUT2D eigenvalue weighted by atomic mass is 9.73. The second kappa shape index (κ2) is 7.32. The fourth-order valence-electron chi connectivity index (χ4n) is 2.41. The Bertz CT molecular complexity index is 386. The third kappa shape index (κ3) is 4.09. The van der Waals surface area contributed by atoms with Gasteiger partial charge in [0.1, 0.15) is 6.61 Å². The van der Waals surface area contributed by atoms with Crippen LogP contribution in [0.1, 0.15) is 52.5 Å². The fourth-order valence-corrected chi connectivity index (χ4v) is 2.41. The van der Waals surface area contributed by atoms with Crippen LogP contribution in [-0.2, 0) is 16.1 Å². The molecule has 1 aromatic carbocycles. The molecule has 1 aromatic rings. The Balaban J connectivity index is 2.67. The van der Waals surface area contributed by atoms with Crippen LogP contribution < -0.4 is 0 Å². The van der Waals surface area contributed by atoms with Crippen molar-refractivity contribution in [2.45, 2.75) is 53.6 Å². The maximum absolute atomic E-state index is 12.4. The minimum atomic E-state index is -0.363. The van der Waals surface area contributed by atoms with Gasteiger partial charge in [-0.25, -0.2) is 0 Å². The van der Waals surface area contributed by atoms with Gasteiger partial charge >= 0.3 is 5.97 Å². The minimum absolute atomic E-state index is 0.0625. The molecule has 0 bridgehead atoms. The molecule has 0 aliphatic heterocycles. The average Bonchev–Trinajstić information content (AvgIpc) is 2.45. The minimum Gasteiger partial charge on any atom is -0.460 e. The lowest BCUT2D eigenvalue weighted by molar-refractivity contribution is -0.160. The highest BCUT2D eigenvalue weighted by Crippen LogP contribution is 2.36. The standard InChI is InChI=1S/C17H26O2/c1-5-12-17(4,14(3)6-2)16(18)19-13-15-10-8-7-9-11-15/h7-11,14H,5-6,12-13H2,1-4H3. The van der Waals surface area contributed by atoms with Crippen LogP contribution in [0, 0.1) is 11.3 Å². The monoisotopic (exact) mass is 262 g/mol. The predicted molar refractivity (Wildman–Crippen MR) is 78.7 cm³/mol. The van der Waals surface area contributed by atoms with Gasteiger partial charge in [0.2, 0.25) is 0 Å². The van der Waals surface area contributed by atoms with E-state index >= 15 is 0 Å². The Kier molecular flexibility index (Phi) is 6.07. The SMILES string of the molecule is CCCC(C)(C(=O)OCc1ccccc1)C(C)CC. The van der Waals surface area contributed by atoms with Gasteiger partial charge in [-0.15, -0.1) is 0 Å². The van der Waals surface area contributed by atoms with E-state index < -0.39 is 0 Å². The van der Waals surface area contributed by atoms with E-state index in [0.717, 1.165) is 24.8 Å². The molecule has 106 valence electrons. The van der Waals surface area contributed by atoms with Crippen molar-refractivity contribution in [1.82, 2.24) is 0 Å². The van der Waals surface area contributed by atoms with Gasteiger partial charge in [-0.3, -0.25) is 4.79 Å². The van der Waals surface area contributed by atoms with E-state index in [9.17, 15) is 4.79 Å². The third-order valence-corrected chi connectivity index (χ3v) is 4.15. The highest BCUT2D eigenvalue weighted by Gasteiger charge is 2.38. The Labute approximate surface area is 117 Å². The van der Waals surface area contributed by atoms with Crippen molar-refractivity contribution in [3.05, 3.63) is 35.9 Å². The summed E-state index contributed by atoms with van der Waals surface area (Å²) >= 11 is 0. The molecule has 0 aliphatic carbocycles. The molecule has 0 saturated heterocycles. The van der Waals surface area contributed by atoms with Gasteiger partial charge in [0.15, 0.2) is 0 Å². The largest absolute Gasteiger partial charge is 0.460 e. The van der Waals surface area contributed by atoms with Crippen LogP contribution in [0.3, 0.4) is 0 Å².